The highest BCUT2D eigenvalue weighted by molar-refractivity contribution is 5.75. The van der Waals surface area contributed by atoms with Crippen molar-refractivity contribution in [2.45, 2.75) is 80.1 Å². The quantitative estimate of drug-likeness (QED) is 0.601. The van der Waals surface area contributed by atoms with E-state index >= 15 is 0 Å². The van der Waals surface area contributed by atoms with Gasteiger partial charge in [-0.15, -0.1) is 0 Å². The van der Waals surface area contributed by atoms with E-state index in [0.29, 0.717) is 24.1 Å². The topological polar surface area (TPSA) is 42.5 Å². The van der Waals surface area contributed by atoms with Gasteiger partial charge in [-0.3, -0.25) is 0 Å². The average Bonchev–Trinajstić information content (AvgIpc) is 3.38. The molecule has 2 fully saturated rings. The van der Waals surface area contributed by atoms with Crippen molar-refractivity contribution in [3.63, 3.8) is 0 Å². The van der Waals surface area contributed by atoms with Gasteiger partial charge in [-0.2, -0.15) is 0 Å². The Morgan fingerprint density at radius 2 is 1.81 bits per heavy atom. The van der Waals surface area contributed by atoms with E-state index in [4.69, 9.17) is 9.47 Å². The summed E-state index contributed by atoms with van der Waals surface area (Å²) in [6, 6.07) is 12.7. The molecule has 2 N–H and O–H groups in total. The molecule has 2 spiro atoms. The normalized spacial score (nSPS) is 41.4. The fourth-order valence-corrected chi connectivity index (χ4v) is 10.3. The van der Waals surface area contributed by atoms with Crippen LogP contribution in [0.5, 0.6) is 11.5 Å². The third kappa shape index (κ3) is 2.04. The Morgan fingerprint density at radius 1 is 0.861 bits per heavy atom. The van der Waals surface area contributed by atoms with Gasteiger partial charge in [0, 0.05) is 41.0 Å². The smallest absolute Gasteiger partial charge is 0.124 e. The molecule has 4 heterocycles. The van der Waals surface area contributed by atoms with E-state index in [9.17, 15) is 0 Å². The van der Waals surface area contributed by atoms with Gasteiger partial charge in [0.05, 0.1) is 5.41 Å². The van der Waals surface area contributed by atoms with Crippen molar-refractivity contribution >= 4 is 5.57 Å². The van der Waals surface area contributed by atoms with E-state index in [2.05, 4.69) is 53.1 Å². The molecule has 7 atom stereocenters. The summed E-state index contributed by atoms with van der Waals surface area (Å²) in [5.74, 6) is 2.84. The van der Waals surface area contributed by atoms with Crippen LogP contribution in [-0.2, 0) is 23.7 Å². The molecule has 2 saturated heterocycles. The standard InChI is InChI=1S/C32H32N2O2/c1-3-17-13-24-22-12-19(16-28-32(22,8-10-34-24)29(17)25(5-1)35-28)18-11-20-14-23-21-4-2-6-27-31(21,7-9-33-23)30(20)26(15-18)36-27/h1,3-5,11-12,15,22-24,27-28,33-34H,2,6-10,13-14,16H2/t22?,23-,24-,27?,28?,31-,32-/m1/s1. The monoisotopic (exact) mass is 476 g/mol. The van der Waals surface area contributed by atoms with E-state index < -0.39 is 0 Å². The van der Waals surface area contributed by atoms with Gasteiger partial charge in [-0.25, -0.2) is 0 Å². The van der Waals surface area contributed by atoms with Crippen LogP contribution in [0.4, 0.5) is 0 Å². The first-order valence-electron chi connectivity index (χ1n) is 14.3. The number of ether oxygens (including phenoxy) is 2. The maximum Gasteiger partial charge on any atom is 0.124 e. The number of hydrogen-bond donors (Lipinski definition) is 2. The van der Waals surface area contributed by atoms with Gasteiger partial charge in [0.1, 0.15) is 23.7 Å². The molecular formula is C32H32N2O2. The molecule has 0 amide bonds. The van der Waals surface area contributed by atoms with Crippen molar-refractivity contribution in [3.05, 3.63) is 75.9 Å². The van der Waals surface area contributed by atoms with Gasteiger partial charge in [0.25, 0.3) is 0 Å². The number of benzene rings is 2. The van der Waals surface area contributed by atoms with Crippen LogP contribution in [0, 0.1) is 5.92 Å². The summed E-state index contributed by atoms with van der Waals surface area (Å²) in [6.07, 6.45) is 13.6. The molecule has 4 aliphatic carbocycles. The van der Waals surface area contributed by atoms with Crippen LogP contribution in [0.25, 0.3) is 5.57 Å². The molecule has 2 aromatic carbocycles. The molecule has 0 aromatic heterocycles. The van der Waals surface area contributed by atoms with Crippen molar-refractivity contribution in [2.75, 3.05) is 13.1 Å². The summed E-state index contributed by atoms with van der Waals surface area (Å²) < 4.78 is 13.7. The van der Waals surface area contributed by atoms with Crippen LogP contribution >= 0.6 is 0 Å². The highest BCUT2D eigenvalue weighted by Crippen LogP contribution is 2.63. The highest BCUT2D eigenvalue weighted by atomic mass is 16.5. The van der Waals surface area contributed by atoms with Gasteiger partial charge >= 0.3 is 0 Å². The van der Waals surface area contributed by atoms with Crippen LogP contribution in [0.3, 0.4) is 0 Å². The first-order chi connectivity index (χ1) is 17.8. The van der Waals surface area contributed by atoms with E-state index in [0.717, 1.165) is 50.9 Å². The molecule has 4 nitrogen and oxygen atoms in total. The Hall–Kier alpha value is -2.56. The Labute approximate surface area is 212 Å². The summed E-state index contributed by atoms with van der Waals surface area (Å²) in [7, 11) is 0. The summed E-state index contributed by atoms with van der Waals surface area (Å²) in [6.45, 7) is 2.20. The second kappa shape index (κ2) is 6.28. The molecule has 0 radical (unpaired) electrons. The van der Waals surface area contributed by atoms with Gasteiger partial charge in [-0.05, 0) is 91.6 Å². The molecule has 4 heteroatoms. The van der Waals surface area contributed by atoms with Crippen LogP contribution < -0.4 is 20.1 Å². The number of rotatable bonds is 1. The van der Waals surface area contributed by atoms with E-state index in [1.807, 2.05) is 0 Å². The molecule has 4 aliphatic heterocycles. The molecule has 182 valence electrons. The van der Waals surface area contributed by atoms with E-state index in [1.165, 1.54) is 46.4 Å². The summed E-state index contributed by atoms with van der Waals surface area (Å²) in [5.41, 5.74) is 10.9. The predicted molar refractivity (Wildman–Crippen MR) is 139 cm³/mol. The molecule has 8 aliphatic rings. The third-order valence-electron chi connectivity index (χ3n) is 11.5. The zero-order chi connectivity index (χ0) is 23.2. The summed E-state index contributed by atoms with van der Waals surface area (Å²) in [5, 5.41) is 7.74. The number of piperidine rings is 2. The van der Waals surface area contributed by atoms with Crippen molar-refractivity contribution in [2.24, 2.45) is 5.92 Å². The number of hydrogen-bond acceptors (Lipinski definition) is 4. The largest absolute Gasteiger partial charge is 0.489 e. The molecular weight excluding hydrogens is 444 g/mol. The van der Waals surface area contributed by atoms with Crippen LogP contribution in [0.2, 0.25) is 0 Å². The van der Waals surface area contributed by atoms with Crippen molar-refractivity contribution < 1.29 is 9.47 Å². The SMILES string of the molecule is C1=C(c2cc3c4c(c2)OC2CCC=C5[C@@H](C3)NCC[C@]542)CC2Oc3cccc4c3[C@@]23CCN[C@H](C4)C13. The Morgan fingerprint density at radius 3 is 2.81 bits per heavy atom. The minimum Gasteiger partial charge on any atom is -0.489 e. The van der Waals surface area contributed by atoms with Crippen LogP contribution in [-0.4, -0.2) is 37.4 Å². The molecule has 4 bridgehead atoms. The predicted octanol–water partition coefficient (Wildman–Crippen LogP) is 4.34. The lowest BCUT2D eigenvalue weighted by molar-refractivity contribution is 0.0592. The van der Waals surface area contributed by atoms with Gasteiger partial charge in [-0.1, -0.05) is 30.4 Å². The fourth-order valence-electron chi connectivity index (χ4n) is 10.3. The van der Waals surface area contributed by atoms with Crippen LogP contribution in [0.1, 0.15) is 59.9 Å². The molecule has 36 heavy (non-hydrogen) atoms. The lowest BCUT2D eigenvalue weighted by atomic mass is 9.53. The minimum absolute atomic E-state index is 0.136. The second-order valence-corrected chi connectivity index (χ2v) is 12.7. The molecule has 3 unspecified atom stereocenters. The number of nitrogens with one attached hydrogen (secondary N) is 2. The zero-order valence-corrected chi connectivity index (χ0v) is 20.6. The van der Waals surface area contributed by atoms with Gasteiger partial charge in [0.15, 0.2) is 0 Å². The van der Waals surface area contributed by atoms with Crippen molar-refractivity contribution in [3.8, 4) is 11.5 Å². The summed E-state index contributed by atoms with van der Waals surface area (Å²) >= 11 is 0. The maximum atomic E-state index is 6.84. The van der Waals surface area contributed by atoms with Crippen molar-refractivity contribution in [1.82, 2.24) is 10.6 Å². The first kappa shape index (κ1) is 19.5. The van der Waals surface area contributed by atoms with Crippen LogP contribution in [0.15, 0.2) is 48.1 Å². The zero-order valence-electron chi connectivity index (χ0n) is 20.6. The number of allylic oxidation sites excluding steroid dienone is 1. The third-order valence-corrected chi connectivity index (χ3v) is 11.5. The maximum absolute atomic E-state index is 6.84. The van der Waals surface area contributed by atoms with E-state index in [1.54, 1.807) is 11.1 Å². The Kier molecular flexibility index (Phi) is 3.41. The minimum atomic E-state index is 0.136. The van der Waals surface area contributed by atoms with Crippen molar-refractivity contribution in [1.29, 1.82) is 0 Å². The van der Waals surface area contributed by atoms with E-state index in [-0.39, 0.29) is 16.9 Å². The molecule has 10 rings (SSSR count). The van der Waals surface area contributed by atoms with Gasteiger partial charge < -0.3 is 20.1 Å². The molecule has 2 aromatic rings. The average molecular weight is 477 g/mol. The second-order valence-electron chi connectivity index (χ2n) is 12.7. The first-order valence-corrected chi connectivity index (χ1v) is 14.3. The lowest BCUT2D eigenvalue weighted by Gasteiger charge is -2.54. The molecule has 0 saturated carbocycles. The Bertz CT molecular complexity index is 1440. The van der Waals surface area contributed by atoms with Gasteiger partial charge in [0.2, 0.25) is 0 Å². The fraction of sp³-hybridized carbons (Fsp3) is 0.500. The highest BCUT2D eigenvalue weighted by Gasteiger charge is 2.62. The summed E-state index contributed by atoms with van der Waals surface area (Å²) in [4.78, 5) is 0. The lowest BCUT2D eigenvalue weighted by Crippen LogP contribution is -2.62. The Balaban J connectivity index is 1.14.